The molecule has 1 aliphatic heterocycles. The highest BCUT2D eigenvalue weighted by molar-refractivity contribution is 5.20. The Hall–Kier alpha value is -0.890. The summed E-state index contributed by atoms with van der Waals surface area (Å²) in [6.07, 6.45) is 4.56. The summed E-state index contributed by atoms with van der Waals surface area (Å²) in [5, 5.41) is 0. The molecule has 2 heterocycles. The van der Waals surface area contributed by atoms with Gasteiger partial charge in [-0.15, -0.1) is 0 Å². The third kappa shape index (κ3) is 1.80. The molecule has 14 heavy (non-hydrogen) atoms. The van der Waals surface area contributed by atoms with E-state index in [4.69, 9.17) is 0 Å². The Morgan fingerprint density at radius 1 is 1.57 bits per heavy atom. The first-order valence-electron chi connectivity index (χ1n) is 5.48. The van der Waals surface area contributed by atoms with Gasteiger partial charge in [-0.1, -0.05) is 6.92 Å². The van der Waals surface area contributed by atoms with Crippen molar-refractivity contribution in [1.82, 2.24) is 9.88 Å². The van der Waals surface area contributed by atoms with E-state index >= 15 is 0 Å². The normalized spacial score (nSPS) is 22.9. The second-order valence-corrected chi connectivity index (χ2v) is 4.02. The maximum Gasteiger partial charge on any atom is 0.0375 e. The van der Waals surface area contributed by atoms with Gasteiger partial charge in [-0.05, 0) is 50.6 Å². The predicted molar refractivity (Wildman–Crippen MR) is 58.2 cm³/mol. The highest BCUT2D eigenvalue weighted by Gasteiger charge is 2.24. The van der Waals surface area contributed by atoms with E-state index in [2.05, 4.69) is 35.9 Å². The van der Waals surface area contributed by atoms with Gasteiger partial charge in [0.25, 0.3) is 0 Å². The summed E-state index contributed by atoms with van der Waals surface area (Å²) in [7, 11) is 0. The molecule has 1 aromatic rings. The average molecular weight is 190 g/mol. The van der Waals surface area contributed by atoms with E-state index in [1.165, 1.54) is 24.9 Å². The molecule has 1 fully saturated rings. The van der Waals surface area contributed by atoms with E-state index in [1.54, 1.807) is 0 Å². The minimum absolute atomic E-state index is 0.640. The van der Waals surface area contributed by atoms with Crippen molar-refractivity contribution in [2.45, 2.75) is 32.7 Å². The number of rotatable bonds is 2. The zero-order valence-electron chi connectivity index (χ0n) is 9.03. The molecule has 1 aliphatic rings. The quantitative estimate of drug-likeness (QED) is 0.712. The molecule has 2 heteroatoms. The zero-order chi connectivity index (χ0) is 9.97. The van der Waals surface area contributed by atoms with Gasteiger partial charge in [0.2, 0.25) is 0 Å². The van der Waals surface area contributed by atoms with Crippen LogP contribution in [0.2, 0.25) is 0 Å². The first-order valence-corrected chi connectivity index (χ1v) is 5.48. The number of likely N-dealkylation sites (tertiary alicyclic amines) is 1. The fourth-order valence-corrected chi connectivity index (χ4v) is 2.36. The molecular formula is C12H18N2. The van der Waals surface area contributed by atoms with Crippen molar-refractivity contribution >= 4 is 0 Å². The van der Waals surface area contributed by atoms with Crippen molar-refractivity contribution in [3.05, 3.63) is 29.6 Å². The summed E-state index contributed by atoms with van der Waals surface area (Å²) >= 11 is 0. The van der Waals surface area contributed by atoms with Crippen molar-refractivity contribution < 1.29 is 0 Å². The number of pyridine rings is 1. The summed E-state index contributed by atoms with van der Waals surface area (Å²) < 4.78 is 0. The maximum absolute atomic E-state index is 4.24. The van der Waals surface area contributed by atoms with Crippen molar-refractivity contribution in [3.8, 4) is 0 Å². The van der Waals surface area contributed by atoms with Gasteiger partial charge in [0, 0.05) is 17.9 Å². The molecule has 0 unspecified atom stereocenters. The van der Waals surface area contributed by atoms with Crippen LogP contribution in [0.5, 0.6) is 0 Å². The third-order valence-electron chi connectivity index (χ3n) is 3.08. The lowest BCUT2D eigenvalue weighted by atomic mass is 10.1. The van der Waals surface area contributed by atoms with E-state index in [0.29, 0.717) is 6.04 Å². The molecular weight excluding hydrogens is 172 g/mol. The number of hydrogen-bond donors (Lipinski definition) is 0. The number of hydrogen-bond acceptors (Lipinski definition) is 2. The highest BCUT2D eigenvalue weighted by atomic mass is 15.2. The Bertz CT molecular complexity index is 309. The first kappa shape index (κ1) is 9.66. The molecule has 0 radical (unpaired) electrons. The highest BCUT2D eigenvalue weighted by Crippen LogP contribution is 2.31. The Labute approximate surface area is 86.0 Å². The lowest BCUT2D eigenvalue weighted by molar-refractivity contribution is 0.271. The molecule has 1 saturated heterocycles. The van der Waals surface area contributed by atoms with Gasteiger partial charge in [-0.25, -0.2) is 0 Å². The van der Waals surface area contributed by atoms with Gasteiger partial charge in [-0.2, -0.15) is 0 Å². The van der Waals surface area contributed by atoms with Crippen molar-refractivity contribution in [2.75, 3.05) is 13.1 Å². The van der Waals surface area contributed by atoms with Crippen LogP contribution in [-0.2, 0) is 0 Å². The zero-order valence-corrected chi connectivity index (χ0v) is 9.03. The largest absolute Gasteiger partial charge is 0.297 e. The minimum Gasteiger partial charge on any atom is -0.297 e. The molecule has 2 rings (SSSR count). The molecule has 1 aromatic heterocycles. The molecule has 0 saturated carbocycles. The van der Waals surface area contributed by atoms with Crippen molar-refractivity contribution in [3.63, 3.8) is 0 Å². The van der Waals surface area contributed by atoms with E-state index in [0.717, 1.165) is 12.2 Å². The molecule has 0 spiro atoms. The lowest BCUT2D eigenvalue weighted by Gasteiger charge is -2.23. The SMILES string of the molecule is CCN1CCC[C@@H]1c1ccnc(C)c1. The topological polar surface area (TPSA) is 16.1 Å². The van der Waals surface area contributed by atoms with Crippen LogP contribution in [-0.4, -0.2) is 23.0 Å². The van der Waals surface area contributed by atoms with Crippen LogP contribution < -0.4 is 0 Å². The molecule has 0 N–H and O–H groups in total. The Kier molecular flexibility index (Phi) is 2.82. The summed E-state index contributed by atoms with van der Waals surface area (Å²) in [6.45, 7) is 6.72. The van der Waals surface area contributed by atoms with Gasteiger partial charge in [0.1, 0.15) is 0 Å². The number of aromatic nitrogens is 1. The van der Waals surface area contributed by atoms with Crippen LogP contribution in [0.4, 0.5) is 0 Å². The summed E-state index contributed by atoms with van der Waals surface area (Å²) in [6, 6.07) is 5.02. The monoisotopic (exact) mass is 190 g/mol. The van der Waals surface area contributed by atoms with Crippen LogP contribution in [0.25, 0.3) is 0 Å². The summed E-state index contributed by atoms with van der Waals surface area (Å²) in [5.41, 5.74) is 2.57. The number of nitrogens with zero attached hydrogens (tertiary/aromatic N) is 2. The van der Waals surface area contributed by atoms with Crippen LogP contribution in [0.3, 0.4) is 0 Å². The first-order chi connectivity index (χ1) is 6.81. The fraction of sp³-hybridized carbons (Fsp3) is 0.583. The summed E-state index contributed by atoms with van der Waals surface area (Å²) in [4.78, 5) is 6.79. The average Bonchev–Trinajstić information content (AvgIpc) is 2.65. The molecule has 0 amide bonds. The molecule has 76 valence electrons. The molecule has 1 atom stereocenters. The van der Waals surface area contributed by atoms with E-state index in [9.17, 15) is 0 Å². The predicted octanol–water partition coefficient (Wildman–Crippen LogP) is 2.55. The summed E-state index contributed by atoms with van der Waals surface area (Å²) in [5.74, 6) is 0. The fourth-order valence-electron chi connectivity index (χ4n) is 2.36. The maximum atomic E-state index is 4.24. The second kappa shape index (κ2) is 4.09. The van der Waals surface area contributed by atoms with Crippen molar-refractivity contribution in [2.24, 2.45) is 0 Å². The van der Waals surface area contributed by atoms with Crippen LogP contribution in [0.1, 0.15) is 37.1 Å². The minimum atomic E-state index is 0.640. The van der Waals surface area contributed by atoms with Gasteiger partial charge >= 0.3 is 0 Å². The van der Waals surface area contributed by atoms with Gasteiger partial charge in [0.15, 0.2) is 0 Å². The van der Waals surface area contributed by atoms with E-state index in [-0.39, 0.29) is 0 Å². The van der Waals surface area contributed by atoms with E-state index in [1.807, 2.05) is 6.20 Å². The molecule has 0 aromatic carbocycles. The molecule has 2 nitrogen and oxygen atoms in total. The standard InChI is InChI=1S/C12H18N2/c1-3-14-8-4-5-12(14)11-6-7-13-10(2)9-11/h6-7,9,12H,3-5,8H2,1-2H3/t12-/m1/s1. The third-order valence-corrected chi connectivity index (χ3v) is 3.08. The van der Waals surface area contributed by atoms with E-state index < -0.39 is 0 Å². The molecule has 0 aliphatic carbocycles. The smallest absolute Gasteiger partial charge is 0.0375 e. The second-order valence-electron chi connectivity index (χ2n) is 4.02. The Balaban J connectivity index is 2.21. The Morgan fingerprint density at radius 2 is 2.43 bits per heavy atom. The van der Waals surface area contributed by atoms with Crippen LogP contribution in [0.15, 0.2) is 18.3 Å². The van der Waals surface area contributed by atoms with Crippen LogP contribution in [0, 0.1) is 6.92 Å². The van der Waals surface area contributed by atoms with Crippen LogP contribution >= 0.6 is 0 Å². The van der Waals surface area contributed by atoms with Crippen molar-refractivity contribution in [1.29, 1.82) is 0 Å². The van der Waals surface area contributed by atoms with Gasteiger partial charge < -0.3 is 0 Å². The molecule has 0 bridgehead atoms. The number of aryl methyl sites for hydroxylation is 1. The Morgan fingerprint density at radius 3 is 3.14 bits per heavy atom. The van der Waals surface area contributed by atoms with Gasteiger partial charge in [0.05, 0.1) is 0 Å². The lowest BCUT2D eigenvalue weighted by Crippen LogP contribution is -2.22. The van der Waals surface area contributed by atoms with Gasteiger partial charge in [-0.3, -0.25) is 9.88 Å².